The van der Waals surface area contributed by atoms with Crippen molar-refractivity contribution in [3.05, 3.63) is 58.4 Å². The van der Waals surface area contributed by atoms with Gasteiger partial charge in [0.2, 0.25) is 0 Å². The van der Waals surface area contributed by atoms with E-state index < -0.39 is 34.2 Å². The molecule has 0 spiro atoms. The van der Waals surface area contributed by atoms with Crippen LogP contribution in [0, 0.1) is 5.82 Å². The van der Waals surface area contributed by atoms with Gasteiger partial charge in [-0.15, -0.1) is 0 Å². The molecule has 7 nitrogen and oxygen atoms in total. The molecule has 1 amide bonds. The molecule has 0 aromatic heterocycles. The first-order chi connectivity index (χ1) is 17.9. The van der Waals surface area contributed by atoms with E-state index in [1.165, 1.54) is 12.1 Å². The van der Waals surface area contributed by atoms with Crippen molar-refractivity contribution in [1.29, 1.82) is 0 Å². The topological polar surface area (TPSA) is 73.0 Å². The Hall–Kier alpha value is -2.41. The van der Waals surface area contributed by atoms with E-state index in [0.717, 1.165) is 0 Å². The Labute approximate surface area is 224 Å². The minimum absolute atomic E-state index is 0.0669. The van der Waals surface area contributed by atoms with E-state index >= 15 is 0 Å². The molecule has 208 valence electrons. The fourth-order valence-corrected chi connectivity index (χ4v) is 6.01. The van der Waals surface area contributed by atoms with Crippen molar-refractivity contribution < 1.29 is 30.8 Å². The van der Waals surface area contributed by atoms with Crippen LogP contribution in [0.4, 0.5) is 28.9 Å². The SMILES string of the molecule is O=C(Nc1ccc(Cl)cc1N1CCN(CCC(F)(F)F)CC1)c1ccc(CN2CCS(=O)(=O)CC2)cc1F. The first kappa shape index (κ1) is 28.6. The maximum absolute atomic E-state index is 14.9. The lowest BCUT2D eigenvalue weighted by Gasteiger charge is -2.37. The number of anilines is 2. The Morgan fingerprint density at radius 2 is 1.63 bits per heavy atom. The van der Waals surface area contributed by atoms with Gasteiger partial charge in [-0.1, -0.05) is 17.7 Å². The summed E-state index contributed by atoms with van der Waals surface area (Å²) < 4.78 is 75.8. The van der Waals surface area contributed by atoms with Crippen LogP contribution in [-0.2, 0) is 16.4 Å². The standard InChI is InChI=1S/C25H29ClF4N4O3S/c26-19-2-4-22(23(16-19)34-9-7-32(8-10-34)6-5-25(28,29)30)31-24(35)20-3-1-18(15-21(20)27)17-33-11-13-38(36,37)14-12-33/h1-4,15-16H,5-14,17H2,(H,31,35). The van der Waals surface area contributed by atoms with Crippen LogP contribution < -0.4 is 10.2 Å². The molecule has 2 heterocycles. The van der Waals surface area contributed by atoms with Crippen LogP contribution in [0.3, 0.4) is 0 Å². The van der Waals surface area contributed by atoms with Crippen LogP contribution in [0.5, 0.6) is 0 Å². The lowest BCUT2D eigenvalue weighted by Crippen LogP contribution is -2.47. The third-order valence-corrected chi connectivity index (χ3v) is 8.60. The number of nitrogens with one attached hydrogen (secondary N) is 1. The third-order valence-electron chi connectivity index (χ3n) is 6.75. The first-order valence-corrected chi connectivity index (χ1v) is 14.4. The van der Waals surface area contributed by atoms with E-state index in [0.29, 0.717) is 67.8 Å². The van der Waals surface area contributed by atoms with Crippen molar-refractivity contribution in [3.8, 4) is 0 Å². The van der Waals surface area contributed by atoms with E-state index in [1.807, 2.05) is 9.80 Å². The zero-order valence-corrected chi connectivity index (χ0v) is 22.2. The predicted octanol–water partition coefficient (Wildman–Crippen LogP) is 4.04. The number of carbonyl (C=O) groups excluding carboxylic acids is 1. The molecule has 4 rings (SSSR count). The lowest BCUT2D eigenvalue weighted by atomic mass is 10.1. The highest BCUT2D eigenvalue weighted by Crippen LogP contribution is 2.31. The minimum Gasteiger partial charge on any atom is -0.367 e. The quantitative estimate of drug-likeness (QED) is 0.502. The molecular weight excluding hydrogens is 548 g/mol. The van der Waals surface area contributed by atoms with E-state index in [4.69, 9.17) is 11.6 Å². The smallest absolute Gasteiger partial charge is 0.367 e. The van der Waals surface area contributed by atoms with Crippen LogP contribution in [-0.4, -0.2) is 87.6 Å². The van der Waals surface area contributed by atoms with Crippen molar-refractivity contribution in [2.24, 2.45) is 0 Å². The second-order valence-electron chi connectivity index (χ2n) is 9.55. The van der Waals surface area contributed by atoms with Crippen LogP contribution in [0.1, 0.15) is 22.3 Å². The molecular formula is C25H29ClF4N4O3S. The molecule has 2 aromatic carbocycles. The van der Waals surface area contributed by atoms with Gasteiger partial charge in [-0.3, -0.25) is 14.6 Å². The van der Waals surface area contributed by atoms with Crippen molar-refractivity contribution in [2.75, 3.05) is 67.5 Å². The van der Waals surface area contributed by atoms with Gasteiger partial charge in [-0.2, -0.15) is 13.2 Å². The van der Waals surface area contributed by atoms with Gasteiger partial charge in [0.25, 0.3) is 5.91 Å². The maximum Gasteiger partial charge on any atom is 0.390 e. The van der Waals surface area contributed by atoms with Crippen molar-refractivity contribution in [3.63, 3.8) is 0 Å². The molecule has 0 unspecified atom stereocenters. The molecule has 2 aromatic rings. The van der Waals surface area contributed by atoms with Crippen LogP contribution >= 0.6 is 11.6 Å². The molecule has 2 fully saturated rings. The predicted molar refractivity (Wildman–Crippen MR) is 139 cm³/mol. The van der Waals surface area contributed by atoms with E-state index in [2.05, 4.69) is 5.32 Å². The highest BCUT2D eigenvalue weighted by molar-refractivity contribution is 7.91. The van der Waals surface area contributed by atoms with Crippen molar-refractivity contribution in [1.82, 2.24) is 9.80 Å². The number of carbonyl (C=O) groups is 1. The number of halogens is 5. The maximum atomic E-state index is 14.9. The number of amides is 1. The van der Waals surface area contributed by atoms with E-state index in [9.17, 15) is 30.8 Å². The summed E-state index contributed by atoms with van der Waals surface area (Å²) in [6.45, 7) is 2.81. The third kappa shape index (κ3) is 7.81. The zero-order valence-electron chi connectivity index (χ0n) is 20.6. The summed E-state index contributed by atoms with van der Waals surface area (Å²) in [5.41, 5.74) is 1.52. The van der Waals surface area contributed by atoms with Gasteiger partial charge in [0.1, 0.15) is 5.82 Å². The molecule has 0 bridgehead atoms. The molecule has 0 atom stereocenters. The summed E-state index contributed by atoms with van der Waals surface area (Å²) in [5.74, 6) is -1.20. The minimum atomic E-state index is -4.20. The highest BCUT2D eigenvalue weighted by Gasteiger charge is 2.29. The fraction of sp³-hybridized carbons (Fsp3) is 0.480. The van der Waals surface area contributed by atoms with Crippen LogP contribution in [0.2, 0.25) is 5.02 Å². The van der Waals surface area contributed by atoms with E-state index in [1.54, 1.807) is 29.2 Å². The summed E-state index contributed by atoms with van der Waals surface area (Å²) in [5, 5.41) is 3.17. The second-order valence-corrected chi connectivity index (χ2v) is 12.3. The Morgan fingerprint density at radius 3 is 2.26 bits per heavy atom. The van der Waals surface area contributed by atoms with Gasteiger partial charge >= 0.3 is 6.18 Å². The summed E-state index contributed by atoms with van der Waals surface area (Å²) in [7, 11) is -3.01. The molecule has 0 radical (unpaired) electrons. The Morgan fingerprint density at radius 1 is 0.947 bits per heavy atom. The molecule has 0 aliphatic carbocycles. The number of hydrogen-bond donors (Lipinski definition) is 1. The lowest BCUT2D eigenvalue weighted by molar-refractivity contribution is -0.138. The first-order valence-electron chi connectivity index (χ1n) is 12.2. The normalized spacial score (nSPS) is 18.9. The Balaban J connectivity index is 1.40. The largest absolute Gasteiger partial charge is 0.390 e. The molecule has 1 N–H and O–H groups in total. The average molecular weight is 577 g/mol. The number of alkyl halides is 3. The molecule has 38 heavy (non-hydrogen) atoms. The van der Waals surface area contributed by atoms with Gasteiger partial charge in [0, 0.05) is 57.4 Å². The van der Waals surface area contributed by atoms with Crippen molar-refractivity contribution >= 4 is 38.7 Å². The van der Waals surface area contributed by atoms with Crippen molar-refractivity contribution in [2.45, 2.75) is 19.1 Å². The summed E-state index contributed by atoms with van der Waals surface area (Å²) >= 11 is 6.18. The van der Waals surface area contributed by atoms with Gasteiger partial charge in [-0.25, -0.2) is 12.8 Å². The summed E-state index contributed by atoms with van der Waals surface area (Å²) in [4.78, 5) is 18.6. The van der Waals surface area contributed by atoms with Gasteiger partial charge < -0.3 is 10.2 Å². The monoisotopic (exact) mass is 576 g/mol. The fourth-order valence-electron chi connectivity index (χ4n) is 4.57. The number of piperazine rings is 1. The second kappa shape index (κ2) is 11.8. The molecule has 2 saturated heterocycles. The molecule has 2 aliphatic rings. The summed E-state index contributed by atoms with van der Waals surface area (Å²) in [6, 6.07) is 9.20. The van der Waals surface area contributed by atoms with Crippen LogP contribution in [0.15, 0.2) is 36.4 Å². The Bertz CT molecular complexity index is 1250. The molecule has 0 saturated carbocycles. The molecule has 2 aliphatic heterocycles. The highest BCUT2D eigenvalue weighted by atomic mass is 35.5. The number of benzene rings is 2. The number of hydrogen-bond acceptors (Lipinski definition) is 6. The zero-order chi connectivity index (χ0) is 27.5. The van der Waals surface area contributed by atoms with E-state index in [-0.39, 0.29) is 23.6 Å². The number of nitrogens with zero attached hydrogens (tertiary/aromatic N) is 3. The van der Waals surface area contributed by atoms with Gasteiger partial charge in [0.05, 0.1) is 34.9 Å². The van der Waals surface area contributed by atoms with Gasteiger partial charge in [0.15, 0.2) is 9.84 Å². The van der Waals surface area contributed by atoms with Gasteiger partial charge in [-0.05, 0) is 35.9 Å². The number of sulfone groups is 1. The molecule has 13 heteroatoms. The Kier molecular flexibility index (Phi) is 8.85. The summed E-state index contributed by atoms with van der Waals surface area (Å²) in [6.07, 6.45) is -5.07. The average Bonchev–Trinajstić information content (AvgIpc) is 2.85. The van der Waals surface area contributed by atoms with Crippen LogP contribution in [0.25, 0.3) is 0 Å². The number of rotatable bonds is 7.